The first-order valence-electron chi connectivity index (χ1n) is 10.8. The highest BCUT2D eigenvalue weighted by Crippen LogP contribution is 2.44. The van der Waals surface area contributed by atoms with E-state index in [2.05, 4.69) is 32.5 Å². The molecule has 0 aliphatic heterocycles. The van der Waals surface area contributed by atoms with Gasteiger partial charge in [0, 0.05) is 16.8 Å². The Bertz CT molecular complexity index is 1300. The standard InChI is InChI=1S/C27H21BrN2O5/c1-2-7-24(25(31)29-23-13-12-16(28)14-21(23)26(32)33)30-27(34)35-15-22-19-10-5-3-8-17(19)18-9-4-6-11-20(18)22/h1,3-6,8-14,22,24H,7,15H2,(H,29,31)(H,30,34)(H,32,33). The Morgan fingerprint density at radius 2 is 1.66 bits per heavy atom. The van der Waals surface area contributed by atoms with E-state index in [1.807, 2.05) is 48.5 Å². The van der Waals surface area contributed by atoms with Gasteiger partial charge in [0.1, 0.15) is 12.6 Å². The molecule has 2 amide bonds. The van der Waals surface area contributed by atoms with Crippen LogP contribution in [0.4, 0.5) is 10.5 Å². The first-order valence-corrected chi connectivity index (χ1v) is 11.6. The summed E-state index contributed by atoms with van der Waals surface area (Å²) in [5.74, 6) is 0.364. The predicted octanol–water partition coefficient (Wildman–Crippen LogP) is 5.02. The van der Waals surface area contributed by atoms with E-state index in [0.717, 1.165) is 22.3 Å². The lowest BCUT2D eigenvalue weighted by molar-refractivity contribution is -0.118. The van der Waals surface area contributed by atoms with E-state index in [1.54, 1.807) is 6.07 Å². The number of benzene rings is 3. The lowest BCUT2D eigenvalue weighted by atomic mass is 9.98. The molecule has 3 N–H and O–H groups in total. The minimum absolute atomic E-state index is 0.0835. The molecule has 8 heteroatoms. The minimum Gasteiger partial charge on any atom is -0.478 e. The van der Waals surface area contributed by atoms with Gasteiger partial charge < -0.3 is 20.5 Å². The van der Waals surface area contributed by atoms with Gasteiger partial charge in [0.05, 0.1) is 11.3 Å². The number of halogens is 1. The van der Waals surface area contributed by atoms with Crippen molar-refractivity contribution in [2.24, 2.45) is 0 Å². The molecule has 1 aliphatic carbocycles. The molecule has 3 aromatic carbocycles. The summed E-state index contributed by atoms with van der Waals surface area (Å²) in [7, 11) is 0. The van der Waals surface area contributed by atoms with Crippen molar-refractivity contribution >= 4 is 39.6 Å². The molecule has 7 nitrogen and oxygen atoms in total. The Morgan fingerprint density at radius 3 is 2.26 bits per heavy atom. The molecule has 1 atom stereocenters. The lowest BCUT2D eigenvalue weighted by Crippen LogP contribution is -2.44. The number of ether oxygens (including phenoxy) is 1. The maximum atomic E-state index is 12.8. The molecule has 3 aromatic rings. The van der Waals surface area contributed by atoms with Gasteiger partial charge in [0.25, 0.3) is 0 Å². The van der Waals surface area contributed by atoms with Crippen LogP contribution < -0.4 is 10.6 Å². The van der Waals surface area contributed by atoms with Crippen LogP contribution in [0, 0.1) is 12.3 Å². The van der Waals surface area contributed by atoms with Gasteiger partial charge in [0.15, 0.2) is 0 Å². The van der Waals surface area contributed by atoms with E-state index in [1.165, 1.54) is 12.1 Å². The molecule has 0 radical (unpaired) electrons. The monoisotopic (exact) mass is 532 g/mol. The molecule has 0 heterocycles. The summed E-state index contributed by atoms with van der Waals surface area (Å²) in [6.07, 6.45) is 4.49. The Hall–Kier alpha value is -4.09. The zero-order chi connectivity index (χ0) is 24.9. The van der Waals surface area contributed by atoms with Crippen LogP contribution in [0.25, 0.3) is 11.1 Å². The molecule has 0 aromatic heterocycles. The third kappa shape index (κ3) is 5.20. The van der Waals surface area contributed by atoms with Crippen LogP contribution in [-0.2, 0) is 9.53 Å². The highest BCUT2D eigenvalue weighted by Gasteiger charge is 2.30. The van der Waals surface area contributed by atoms with E-state index in [9.17, 15) is 19.5 Å². The fourth-order valence-corrected chi connectivity index (χ4v) is 4.49. The average molecular weight is 533 g/mol. The zero-order valence-corrected chi connectivity index (χ0v) is 20.0. The van der Waals surface area contributed by atoms with Crippen LogP contribution in [0.1, 0.15) is 33.8 Å². The number of carboxylic acid groups (broad SMARTS) is 1. The lowest BCUT2D eigenvalue weighted by Gasteiger charge is -2.19. The van der Waals surface area contributed by atoms with Crippen molar-refractivity contribution in [1.29, 1.82) is 0 Å². The maximum absolute atomic E-state index is 12.8. The van der Waals surface area contributed by atoms with Crippen LogP contribution >= 0.6 is 15.9 Å². The van der Waals surface area contributed by atoms with E-state index in [4.69, 9.17) is 11.2 Å². The SMILES string of the molecule is C#CCC(NC(=O)OCC1c2ccccc2-c2ccccc21)C(=O)Nc1ccc(Br)cc1C(=O)O. The molecule has 35 heavy (non-hydrogen) atoms. The second-order valence-corrected chi connectivity index (χ2v) is 8.83. The second kappa shape index (κ2) is 10.5. The largest absolute Gasteiger partial charge is 0.478 e. The highest BCUT2D eigenvalue weighted by molar-refractivity contribution is 9.10. The number of amides is 2. The summed E-state index contributed by atoms with van der Waals surface area (Å²) >= 11 is 3.21. The molecule has 1 unspecified atom stereocenters. The maximum Gasteiger partial charge on any atom is 0.407 e. The third-order valence-corrected chi connectivity index (χ3v) is 6.24. The number of aromatic carboxylic acids is 1. The fourth-order valence-electron chi connectivity index (χ4n) is 4.13. The van der Waals surface area contributed by atoms with E-state index < -0.39 is 24.0 Å². The summed E-state index contributed by atoms with van der Waals surface area (Å²) < 4.78 is 6.04. The van der Waals surface area contributed by atoms with Crippen LogP contribution in [-0.4, -0.2) is 35.7 Å². The molecular formula is C27H21BrN2O5. The number of alkyl carbamates (subject to hydrolysis) is 1. The minimum atomic E-state index is -1.21. The number of carboxylic acids is 1. The van der Waals surface area contributed by atoms with Crippen molar-refractivity contribution in [2.75, 3.05) is 11.9 Å². The van der Waals surface area contributed by atoms with E-state index in [-0.39, 0.29) is 30.2 Å². The number of rotatable bonds is 7. The molecule has 0 spiro atoms. The quantitative estimate of drug-likeness (QED) is 0.370. The smallest absolute Gasteiger partial charge is 0.407 e. The number of fused-ring (bicyclic) bond motifs is 3. The van der Waals surface area contributed by atoms with Gasteiger partial charge in [-0.2, -0.15) is 0 Å². The van der Waals surface area contributed by atoms with Crippen molar-refractivity contribution in [1.82, 2.24) is 5.32 Å². The molecule has 0 fully saturated rings. The zero-order valence-electron chi connectivity index (χ0n) is 18.5. The molecule has 4 rings (SSSR count). The molecule has 0 saturated heterocycles. The van der Waals surface area contributed by atoms with Gasteiger partial charge >= 0.3 is 12.1 Å². The topological polar surface area (TPSA) is 105 Å². The Morgan fingerprint density at radius 1 is 1.03 bits per heavy atom. The summed E-state index contributed by atoms with van der Waals surface area (Å²) in [4.78, 5) is 36.9. The fraction of sp³-hybridized carbons (Fsp3) is 0.148. The van der Waals surface area contributed by atoms with Crippen LogP contribution in [0.15, 0.2) is 71.2 Å². The van der Waals surface area contributed by atoms with Crippen LogP contribution in [0.2, 0.25) is 0 Å². The van der Waals surface area contributed by atoms with Crippen molar-refractivity contribution in [2.45, 2.75) is 18.4 Å². The van der Waals surface area contributed by atoms with Gasteiger partial charge in [0.2, 0.25) is 5.91 Å². The number of hydrogen-bond acceptors (Lipinski definition) is 4. The number of nitrogens with one attached hydrogen (secondary N) is 2. The molecule has 176 valence electrons. The number of carbonyl (C=O) groups excluding carboxylic acids is 2. The number of terminal acetylenes is 1. The number of anilines is 1. The molecular weight excluding hydrogens is 512 g/mol. The summed E-state index contributed by atoms with van der Waals surface area (Å²) in [6, 6.07) is 19.2. The summed E-state index contributed by atoms with van der Waals surface area (Å²) in [5, 5.41) is 14.4. The number of hydrogen-bond donors (Lipinski definition) is 3. The van der Waals surface area contributed by atoms with Gasteiger partial charge in [-0.3, -0.25) is 4.79 Å². The van der Waals surface area contributed by atoms with Crippen molar-refractivity contribution in [3.05, 3.63) is 87.9 Å². The first-order chi connectivity index (χ1) is 16.9. The van der Waals surface area contributed by atoms with E-state index >= 15 is 0 Å². The van der Waals surface area contributed by atoms with Gasteiger partial charge in [-0.25, -0.2) is 9.59 Å². The number of carbonyl (C=O) groups is 3. The van der Waals surface area contributed by atoms with Crippen molar-refractivity contribution in [3.8, 4) is 23.5 Å². The van der Waals surface area contributed by atoms with Crippen LogP contribution in [0.3, 0.4) is 0 Å². The molecule has 0 bridgehead atoms. The predicted molar refractivity (Wildman–Crippen MR) is 135 cm³/mol. The Kier molecular flexibility index (Phi) is 7.18. The van der Waals surface area contributed by atoms with Gasteiger partial charge in [-0.1, -0.05) is 64.5 Å². The van der Waals surface area contributed by atoms with Crippen LogP contribution in [0.5, 0.6) is 0 Å². The molecule has 0 saturated carbocycles. The third-order valence-electron chi connectivity index (χ3n) is 5.74. The van der Waals surface area contributed by atoms with Gasteiger partial charge in [-0.05, 0) is 40.5 Å². The Labute approximate surface area is 210 Å². The van der Waals surface area contributed by atoms with E-state index in [0.29, 0.717) is 4.47 Å². The van der Waals surface area contributed by atoms with Crippen molar-refractivity contribution in [3.63, 3.8) is 0 Å². The first kappa shape index (κ1) is 24.0. The normalized spacial score (nSPS) is 12.6. The van der Waals surface area contributed by atoms with Crippen molar-refractivity contribution < 1.29 is 24.2 Å². The summed E-state index contributed by atoms with van der Waals surface area (Å²) in [5.41, 5.74) is 4.32. The Balaban J connectivity index is 1.43. The second-order valence-electron chi connectivity index (χ2n) is 7.92. The average Bonchev–Trinajstić information content (AvgIpc) is 3.17. The van der Waals surface area contributed by atoms with Gasteiger partial charge in [-0.15, -0.1) is 12.3 Å². The summed E-state index contributed by atoms with van der Waals surface area (Å²) in [6.45, 7) is 0.0835. The molecule has 1 aliphatic rings. The highest BCUT2D eigenvalue weighted by atomic mass is 79.9.